The van der Waals surface area contributed by atoms with Gasteiger partial charge in [0, 0.05) is 11.1 Å². The van der Waals surface area contributed by atoms with Crippen molar-refractivity contribution in [3.05, 3.63) is 42.0 Å². The number of hydrogen-bond donors (Lipinski definition) is 1. The first kappa shape index (κ1) is 21.2. The summed E-state index contributed by atoms with van der Waals surface area (Å²) in [7, 11) is -3.62. The van der Waals surface area contributed by atoms with Crippen LogP contribution in [0.25, 0.3) is 0 Å². The molecule has 0 saturated heterocycles. The normalized spacial score (nSPS) is 40.8. The molecule has 1 aromatic carbocycles. The lowest BCUT2D eigenvalue weighted by Crippen LogP contribution is -2.52. The summed E-state index contributed by atoms with van der Waals surface area (Å²) in [5.41, 5.74) is 2.60. The highest BCUT2D eigenvalue weighted by atomic mass is 32.2. The van der Waals surface area contributed by atoms with Gasteiger partial charge in [-0.2, -0.15) is 13.5 Å². The Kier molecular flexibility index (Phi) is 5.12. The van der Waals surface area contributed by atoms with Crippen molar-refractivity contribution in [3.63, 3.8) is 0 Å². The lowest BCUT2D eigenvalue weighted by Gasteiger charge is -2.59. The molecule has 6 atom stereocenters. The van der Waals surface area contributed by atoms with E-state index in [1.54, 1.807) is 12.1 Å². The van der Waals surface area contributed by atoms with E-state index in [-0.39, 0.29) is 10.3 Å². The van der Waals surface area contributed by atoms with Crippen LogP contribution >= 0.6 is 0 Å². The van der Waals surface area contributed by atoms with Gasteiger partial charge >= 0.3 is 0 Å². The van der Waals surface area contributed by atoms with Gasteiger partial charge in [-0.1, -0.05) is 43.7 Å². The highest BCUT2D eigenvalue weighted by Crippen LogP contribution is 2.64. The maximum absolute atomic E-state index is 12.8. The number of benzene rings is 1. The third-order valence-corrected chi connectivity index (χ3v) is 10.8. The number of aryl methyl sites for hydroxylation is 1. The summed E-state index contributed by atoms with van der Waals surface area (Å²) in [6, 6.07) is 6.96. The van der Waals surface area contributed by atoms with Crippen molar-refractivity contribution in [2.24, 2.45) is 39.6 Å². The molecule has 31 heavy (non-hydrogen) atoms. The molecule has 5 heteroatoms. The average Bonchev–Trinajstić information content (AvgIpc) is 3.08. The van der Waals surface area contributed by atoms with Crippen LogP contribution < -0.4 is 4.83 Å². The minimum atomic E-state index is -3.62. The first-order valence-corrected chi connectivity index (χ1v) is 13.5. The summed E-state index contributed by atoms with van der Waals surface area (Å²) in [6.07, 6.45) is 14.5. The van der Waals surface area contributed by atoms with E-state index in [1.165, 1.54) is 32.1 Å². The maximum atomic E-state index is 12.8. The van der Waals surface area contributed by atoms with E-state index in [4.69, 9.17) is 0 Å². The van der Waals surface area contributed by atoms with E-state index >= 15 is 0 Å². The molecule has 3 saturated carbocycles. The van der Waals surface area contributed by atoms with Crippen molar-refractivity contribution in [3.8, 4) is 0 Å². The lowest BCUT2D eigenvalue weighted by molar-refractivity contribution is -0.0761. The molecule has 0 amide bonds. The van der Waals surface area contributed by atoms with Crippen molar-refractivity contribution in [1.82, 2.24) is 4.83 Å². The standard InChI is InChI=1S/C26H36N2O2S/c1-18-7-10-20(11-8-18)31(29,30)28-27-24-14-13-22-21-12-9-19-6-4-5-16-25(19,2)23(21)15-17-26(22,24)3/h4-5,7-8,10-11,19,21-23,28H,6,9,12-17H2,1-3H3/t19-,21+,22+,23+,25+,26+/m1/s1. The molecule has 4 aliphatic rings. The lowest BCUT2D eigenvalue weighted by atomic mass is 9.46. The highest BCUT2D eigenvalue weighted by Gasteiger charge is 2.58. The van der Waals surface area contributed by atoms with Crippen LogP contribution in [0, 0.1) is 41.4 Å². The van der Waals surface area contributed by atoms with Gasteiger partial charge in [-0.15, -0.1) is 0 Å². The molecular formula is C26H36N2O2S. The Hall–Kier alpha value is -1.62. The SMILES string of the molecule is Cc1ccc(S(=O)(=O)NN=C2CC[C@H]3[C@@H]4CC[C@H]5CC=CC[C@]5(C)[C@H]4CC[C@]23C)cc1. The fourth-order valence-electron chi connectivity index (χ4n) is 7.70. The van der Waals surface area contributed by atoms with Gasteiger partial charge in [0.25, 0.3) is 10.0 Å². The maximum Gasteiger partial charge on any atom is 0.276 e. The Morgan fingerprint density at radius 3 is 2.55 bits per heavy atom. The number of hydrogen-bond acceptors (Lipinski definition) is 3. The van der Waals surface area contributed by atoms with Crippen LogP contribution in [-0.2, 0) is 10.0 Å². The van der Waals surface area contributed by atoms with Gasteiger partial charge in [0.2, 0.25) is 0 Å². The minimum Gasteiger partial charge on any atom is -0.200 e. The Balaban J connectivity index is 1.37. The van der Waals surface area contributed by atoms with Gasteiger partial charge in [-0.25, -0.2) is 4.83 Å². The van der Waals surface area contributed by atoms with Crippen LogP contribution in [-0.4, -0.2) is 14.1 Å². The quantitative estimate of drug-likeness (QED) is 0.474. The van der Waals surface area contributed by atoms with Gasteiger partial charge in [-0.3, -0.25) is 0 Å². The van der Waals surface area contributed by atoms with Crippen molar-refractivity contribution in [2.75, 3.05) is 0 Å². The number of hydrazone groups is 1. The van der Waals surface area contributed by atoms with Gasteiger partial charge in [0.05, 0.1) is 4.90 Å². The summed E-state index contributed by atoms with van der Waals surface area (Å²) >= 11 is 0. The van der Waals surface area contributed by atoms with Crippen molar-refractivity contribution >= 4 is 15.7 Å². The molecule has 0 unspecified atom stereocenters. The van der Waals surface area contributed by atoms with Crippen molar-refractivity contribution in [1.29, 1.82) is 0 Å². The molecule has 0 bridgehead atoms. The Labute approximate surface area is 187 Å². The molecule has 4 nitrogen and oxygen atoms in total. The molecule has 4 aliphatic carbocycles. The van der Waals surface area contributed by atoms with Gasteiger partial charge in [-0.05, 0) is 99.5 Å². The number of allylic oxidation sites excluding steroid dienone is 2. The second-order valence-electron chi connectivity index (χ2n) is 11.0. The van der Waals surface area contributed by atoms with Crippen molar-refractivity contribution < 1.29 is 8.42 Å². The Morgan fingerprint density at radius 1 is 1.00 bits per heavy atom. The van der Waals surface area contributed by atoms with Crippen LogP contribution in [0.15, 0.2) is 46.4 Å². The molecule has 0 aliphatic heterocycles. The highest BCUT2D eigenvalue weighted by molar-refractivity contribution is 7.89. The monoisotopic (exact) mass is 440 g/mol. The number of nitrogens with zero attached hydrogens (tertiary/aromatic N) is 1. The molecule has 1 N–H and O–H groups in total. The summed E-state index contributed by atoms with van der Waals surface area (Å²) < 4.78 is 25.5. The van der Waals surface area contributed by atoms with E-state index in [0.29, 0.717) is 11.3 Å². The second-order valence-corrected chi connectivity index (χ2v) is 12.7. The van der Waals surface area contributed by atoms with Gasteiger partial charge in [0.15, 0.2) is 0 Å². The number of fused-ring (bicyclic) bond motifs is 5. The van der Waals surface area contributed by atoms with Gasteiger partial charge in [0.1, 0.15) is 0 Å². The fraction of sp³-hybridized carbons (Fsp3) is 0.654. The van der Waals surface area contributed by atoms with E-state index < -0.39 is 10.0 Å². The zero-order chi connectivity index (χ0) is 21.9. The molecule has 0 radical (unpaired) electrons. The number of nitrogens with one attached hydrogen (secondary N) is 1. The van der Waals surface area contributed by atoms with E-state index in [2.05, 4.69) is 35.9 Å². The summed E-state index contributed by atoms with van der Waals surface area (Å²) in [4.78, 5) is 2.85. The van der Waals surface area contributed by atoms with Crippen molar-refractivity contribution in [2.45, 2.75) is 77.0 Å². The van der Waals surface area contributed by atoms with Gasteiger partial charge < -0.3 is 0 Å². The van der Waals surface area contributed by atoms with E-state index in [9.17, 15) is 8.42 Å². The van der Waals surface area contributed by atoms with Crippen LogP contribution in [0.4, 0.5) is 0 Å². The number of sulfonamides is 1. The summed E-state index contributed by atoms with van der Waals surface area (Å²) in [5, 5.41) is 4.55. The predicted molar refractivity (Wildman–Crippen MR) is 125 cm³/mol. The predicted octanol–water partition coefficient (Wildman–Crippen LogP) is 5.84. The molecule has 0 aromatic heterocycles. The minimum absolute atomic E-state index is 0.0324. The largest absolute Gasteiger partial charge is 0.276 e. The Morgan fingerprint density at radius 2 is 1.77 bits per heavy atom. The van der Waals surface area contributed by atoms with Crippen LogP contribution in [0.5, 0.6) is 0 Å². The fourth-order valence-corrected chi connectivity index (χ4v) is 8.53. The Bertz CT molecular complexity index is 1010. The van der Waals surface area contributed by atoms with E-state index in [0.717, 1.165) is 48.3 Å². The zero-order valence-electron chi connectivity index (χ0n) is 19.1. The molecule has 0 spiro atoms. The smallest absolute Gasteiger partial charge is 0.200 e. The third kappa shape index (κ3) is 3.39. The van der Waals surface area contributed by atoms with Crippen LogP contribution in [0.2, 0.25) is 0 Å². The first-order valence-electron chi connectivity index (χ1n) is 12.0. The molecule has 0 heterocycles. The topological polar surface area (TPSA) is 58.5 Å². The second kappa shape index (κ2) is 7.47. The molecular weight excluding hydrogens is 404 g/mol. The third-order valence-electron chi connectivity index (χ3n) is 9.58. The van der Waals surface area contributed by atoms with E-state index in [1.807, 2.05) is 19.1 Å². The molecule has 1 aromatic rings. The van der Waals surface area contributed by atoms with Crippen LogP contribution in [0.3, 0.4) is 0 Å². The molecule has 5 rings (SSSR count). The summed E-state index contributed by atoms with van der Waals surface area (Å²) in [5.74, 6) is 3.04. The van der Waals surface area contributed by atoms with Crippen LogP contribution in [0.1, 0.15) is 70.8 Å². The molecule has 3 fully saturated rings. The zero-order valence-corrected chi connectivity index (χ0v) is 19.9. The average molecular weight is 441 g/mol. The summed E-state index contributed by atoms with van der Waals surface area (Å²) in [6.45, 7) is 6.87. The molecule has 168 valence electrons. The number of rotatable bonds is 3. The first-order chi connectivity index (χ1) is 14.7.